The van der Waals surface area contributed by atoms with E-state index in [1.165, 1.54) is 0 Å². The highest BCUT2D eigenvalue weighted by molar-refractivity contribution is 6.30. The predicted octanol–water partition coefficient (Wildman–Crippen LogP) is 3.68. The molecule has 0 spiro atoms. The molecule has 6 nitrogen and oxygen atoms in total. The lowest BCUT2D eigenvalue weighted by molar-refractivity contribution is 0.0945. The second-order valence-electron chi connectivity index (χ2n) is 5.74. The van der Waals surface area contributed by atoms with Crippen LogP contribution in [0.1, 0.15) is 21.6 Å². The molecule has 0 unspecified atom stereocenters. The van der Waals surface area contributed by atoms with Crippen molar-refractivity contribution < 1.29 is 9.53 Å². The normalized spacial score (nSPS) is 10.3. The predicted molar refractivity (Wildman–Crippen MR) is 105 cm³/mol. The fraction of sp³-hybridized carbons (Fsp3) is 0.150. The number of halogens is 1. The summed E-state index contributed by atoms with van der Waals surface area (Å²) in [7, 11) is 1.60. The van der Waals surface area contributed by atoms with Crippen LogP contribution in [0, 0.1) is 0 Å². The minimum atomic E-state index is -0.280. The Morgan fingerprint density at radius 1 is 1.07 bits per heavy atom. The lowest BCUT2D eigenvalue weighted by Crippen LogP contribution is -2.24. The van der Waals surface area contributed by atoms with Gasteiger partial charge in [-0.1, -0.05) is 41.9 Å². The fourth-order valence-electron chi connectivity index (χ4n) is 2.47. The van der Waals surface area contributed by atoms with Gasteiger partial charge in [-0.2, -0.15) is 0 Å². The third-order valence-electron chi connectivity index (χ3n) is 3.88. The standard InChI is InChI=1S/C20H19ClN4O2/c1-27-18-5-3-2-4-15(18)13-23-19(26)17-10-11-22-20(25-17)24-12-14-6-8-16(21)9-7-14/h2-11H,12-13H2,1H3,(H,23,26)(H,22,24,25). The Kier molecular flexibility index (Phi) is 6.22. The molecule has 0 aliphatic rings. The van der Waals surface area contributed by atoms with E-state index in [9.17, 15) is 4.79 Å². The maximum Gasteiger partial charge on any atom is 0.270 e. The molecule has 0 aliphatic carbocycles. The van der Waals surface area contributed by atoms with E-state index in [0.29, 0.717) is 29.8 Å². The minimum absolute atomic E-state index is 0.280. The summed E-state index contributed by atoms with van der Waals surface area (Å²) in [5.41, 5.74) is 2.22. The van der Waals surface area contributed by atoms with Gasteiger partial charge >= 0.3 is 0 Å². The Hall–Kier alpha value is -3.12. The van der Waals surface area contributed by atoms with Crippen LogP contribution in [0.15, 0.2) is 60.8 Å². The third-order valence-corrected chi connectivity index (χ3v) is 4.14. The number of hydrogen-bond donors (Lipinski definition) is 2. The zero-order chi connectivity index (χ0) is 19.1. The largest absolute Gasteiger partial charge is 0.496 e. The Bertz CT molecular complexity index is 916. The van der Waals surface area contributed by atoms with Crippen LogP contribution < -0.4 is 15.4 Å². The first-order valence-corrected chi connectivity index (χ1v) is 8.75. The average Bonchev–Trinajstić information content (AvgIpc) is 2.72. The van der Waals surface area contributed by atoms with Crippen molar-refractivity contribution in [2.45, 2.75) is 13.1 Å². The third kappa shape index (κ3) is 5.18. The first-order valence-electron chi connectivity index (χ1n) is 8.37. The van der Waals surface area contributed by atoms with E-state index < -0.39 is 0 Å². The van der Waals surface area contributed by atoms with Crippen LogP contribution >= 0.6 is 11.6 Å². The SMILES string of the molecule is COc1ccccc1CNC(=O)c1ccnc(NCc2ccc(Cl)cc2)n1. The van der Waals surface area contributed by atoms with Gasteiger partial charge in [-0.3, -0.25) is 4.79 Å². The number of para-hydroxylation sites is 1. The second-order valence-corrected chi connectivity index (χ2v) is 6.18. The molecule has 1 amide bonds. The van der Waals surface area contributed by atoms with Crippen LogP contribution in [-0.4, -0.2) is 23.0 Å². The van der Waals surface area contributed by atoms with Crippen LogP contribution in [0.4, 0.5) is 5.95 Å². The van der Waals surface area contributed by atoms with Crippen LogP contribution in [0.5, 0.6) is 5.75 Å². The summed E-state index contributed by atoms with van der Waals surface area (Å²) in [5, 5.41) is 6.63. The number of methoxy groups -OCH3 is 1. The first kappa shape index (κ1) is 18.7. The molecule has 3 aromatic rings. The quantitative estimate of drug-likeness (QED) is 0.651. The molecule has 0 bridgehead atoms. The molecule has 138 valence electrons. The van der Waals surface area contributed by atoms with Crippen molar-refractivity contribution >= 4 is 23.5 Å². The van der Waals surface area contributed by atoms with E-state index in [-0.39, 0.29) is 5.91 Å². The summed E-state index contributed by atoms with van der Waals surface area (Å²) in [6, 6.07) is 16.6. The molecule has 0 saturated carbocycles. The summed E-state index contributed by atoms with van der Waals surface area (Å²) >= 11 is 5.88. The minimum Gasteiger partial charge on any atom is -0.496 e. The average molecular weight is 383 g/mol. The highest BCUT2D eigenvalue weighted by atomic mass is 35.5. The molecule has 0 atom stereocenters. The molecule has 0 saturated heterocycles. The van der Waals surface area contributed by atoms with Gasteiger partial charge in [-0.05, 0) is 29.8 Å². The van der Waals surface area contributed by atoms with E-state index in [1.807, 2.05) is 48.5 Å². The van der Waals surface area contributed by atoms with Gasteiger partial charge in [0.25, 0.3) is 5.91 Å². The van der Waals surface area contributed by atoms with Gasteiger partial charge in [0.1, 0.15) is 11.4 Å². The molecule has 7 heteroatoms. The van der Waals surface area contributed by atoms with Gasteiger partial charge in [0.05, 0.1) is 7.11 Å². The number of anilines is 1. The molecule has 0 fully saturated rings. The highest BCUT2D eigenvalue weighted by Crippen LogP contribution is 2.17. The van der Waals surface area contributed by atoms with Crippen LogP contribution in [0.25, 0.3) is 0 Å². The second kappa shape index (κ2) is 9.00. The summed E-state index contributed by atoms with van der Waals surface area (Å²) in [5.74, 6) is 0.832. The molecule has 2 N–H and O–H groups in total. The lowest BCUT2D eigenvalue weighted by atomic mass is 10.2. The molecule has 0 aliphatic heterocycles. The number of ether oxygens (including phenoxy) is 1. The molecule has 1 heterocycles. The molecule has 1 aromatic heterocycles. The van der Waals surface area contributed by atoms with Crippen molar-refractivity contribution in [1.82, 2.24) is 15.3 Å². The van der Waals surface area contributed by atoms with Crippen molar-refractivity contribution in [3.05, 3.63) is 82.6 Å². The van der Waals surface area contributed by atoms with E-state index in [4.69, 9.17) is 16.3 Å². The number of rotatable bonds is 7. The number of aromatic nitrogens is 2. The molecule has 3 rings (SSSR count). The Morgan fingerprint density at radius 3 is 2.63 bits per heavy atom. The van der Waals surface area contributed by atoms with Crippen molar-refractivity contribution in [2.24, 2.45) is 0 Å². The molecule has 0 radical (unpaired) electrons. The van der Waals surface area contributed by atoms with Gasteiger partial charge in [0.15, 0.2) is 0 Å². The van der Waals surface area contributed by atoms with Crippen molar-refractivity contribution in [3.8, 4) is 5.75 Å². The highest BCUT2D eigenvalue weighted by Gasteiger charge is 2.10. The fourth-order valence-corrected chi connectivity index (χ4v) is 2.59. The Balaban J connectivity index is 1.60. The van der Waals surface area contributed by atoms with Gasteiger partial charge in [0, 0.05) is 29.9 Å². The maximum absolute atomic E-state index is 12.4. The zero-order valence-electron chi connectivity index (χ0n) is 14.8. The lowest BCUT2D eigenvalue weighted by Gasteiger charge is -2.10. The summed E-state index contributed by atoms with van der Waals surface area (Å²) in [6.07, 6.45) is 1.55. The number of hydrogen-bond acceptors (Lipinski definition) is 5. The molecule has 27 heavy (non-hydrogen) atoms. The maximum atomic E-state index is 12.4. The molecular weight excluding hydrogens is 364 g/mol. The van der Waals surface area contributed by atoms with E-state index in [0.717, 1.165) is 16.9 Å². The van der Waals surface area contributed by atoms with E-state index >= 15 is 0 Å². The van der Waals surface area contributed by atoms with Gasteiger partial charge < -0.3 is 15.4 Å². The van der Waals surface area contributed by atoms with Crippen molar-refractivity contribution in [1.29, 1.82) is 0 Å². The topological polar surface area (TPSA) is 76.1 Å². The van der Waals surface area contributed by atoms with Gasteiger partial charge in [0.2, 0.25) is 5.95 Å². The van der Waals surface area contributed by atoms with Gasteiger partial charge in [-0.15, -0.1) is 0 Å². The Morgan fingerprint density at radius 2 is 1.85 bits per heavy atom. The molecule has 2 aromatic carbocycles. The zero-order valence-corrected chi connectivity index (χ0v) is 15.5. The number of nitrogens with one attached hydrogen (secondary N) is 2. The number of benzene rings is 2. The first-order chi connectivity index (χ1) is 13.2. The van der Waals surface area contributed by atoms with E-state index in [1.54, 1.807) is 19.4 Å². The number of carbonyl (C=O) groups is 1. The summed E-state index contributed by atoms with van der Waals surface area (Å²) in [4.78, 5) is 20.8. The van der Waals surface area contributed by atoms with Crippen molar-refractivity contribution in [3.63, 3.8) is 0 Å². The Labute approximate surface area is 162 Å². The van der Waals surface area contributed by atoms with Gasteiger partial charge in [-0.25, -0.2) is 9.97 Å². The summed E-state index contributed by atoms with van der Waals surface area (Å²) in [6.45, 7) is 0.879. The smallest absolute Gasteiger partial charge is 0.270 e. The number of carbonyl (C=O) groups excluding carboxylic acids is 1. The number of nitrogens with zero attached hydrogens (tertiary/aromatic N) is 2. The number of amides is 1. The van der Waals surface area contributed by atoms with Crippen LogP contribution in [0.3, 0.4) is 0 Å². The molecular formula is C20H19ClN4O2. The van der Waals surface area contributed by atoms with Crippen molar-refractivity contribution in [2.75, 3.05) is 12.4 Å². The van der Waals surface area contributed by atoms with Crippen LogP contribution in [-0.2, 0) is 13.1 Å². The summed E-state index contributed by atoms with van der Waals surface area (Å²) < 4.78 is 5.29. The van der Waals surface area contributed by atoms with E-state index in [2.05, 4.69) is 20.6 Å². The monoisotopic (exact) mass is 382 g/mol. The van der Waals surface area contributed by atoms with Crippen LogP contribution in [0.2, 0.25) is 5.02 Å².